The largest absolute Gasteiger partial charge is 0.497 e. The minimum atomic E-state index is -3.50. The lowest BCUT2D eigenvalue weighted by atomic mass is 10.2. The standard InChI is InChI=1S/C17H18Cl2N2O3S/c1-24-14-3-5-15(6-4-14)25(22,23)21-10-8-20(9-11-21)13-2-7-16(18)17(19)12-13/h2-7,12H,8-11H2,1H3. The van der Waals surface area contributed by atoms with Gasteiger partial charge in [0, 0.05) is 31.9 Å². The molecule has 0 saturated carbocycles. The molecule has 1 fully saturated rings. The Balaban J connectivity index is 1.71. The predicted octanol–water partition coefficient (Wildman–Crippen LogP) is 3.51. The van der Waals surface area contributed by atoms with Gasteiger partial charge in [0.2, 0.25) is 10.0 Å². The van der Waals surface area contributed by atoms with Crippen molar-refractivity contribution in [2.24, 2.45) is 0 Å². The van der Waals surface area contributed by atoms with Gasteiger partial charge < -0.3 is 9.64 Å². The quantitative estimate of drug-likeness (QED) is 0.787. The first-order chi connectivity index (χ1) is 11.9. The van der Waals surface area contributed by atoms with Crippen molar-refractivity contribution in [1.29, 1.82) is 0 Å². The van der Waals surface area contributed by atoms with E-state index in [-0.39, 0.29) is 4.90 Å². The second-order valence-electron chi connectivity index (χ2n) is 5.67. The molecule has 1 saturated heterocycles. The normalized spacial score (nSPS) is 16.0. The molecule has 0 unspecified atom stereocenters. The van der Waals surface area contributed by atoms with E-state index in [4.69, 9.17) is 27.9 Å². The van der Waals surface area contributed by atoms with Crippen LogP contribution in [0.4, 0.5) is 5.69 Å². The van der Waals surface area contributed by atoms with Crippen LogP contribution < -0.4 is 9.64 Å². The average Bonchev–Trinajstić information content (AvgIpc) is 2.64. The summed E-state index contributed by atoms with van der Waals surface area (Å²) in [6.07, 6.45) is 0. The molecule has 1 heterocycles. The van der Waals surface area contributed by atoms with Crippen molar-refractivity contribution in [3.05, 3.63) is 52.5 Å². The Morgan fingerprint density at radius 1 is 0.920 bits per heavy atom. The molecular weight excluding hydrogens is 383 g/mol. The number of hydrogen-bond acceptors (Lipinski definition) is 4. The molecular formula is C17H18Cl2N2O3S. The Morgan fingerprint density at radius 2 is 1.56 bits per heavy atom. The topological polar surface area (TPSA) is 49.9 Å². The fourth-order valence-corrected chi connectivity index (χ4v) is 4.48. The SMILES string of the molecule is COc1ccc(S(=O)(=O)N2CCN(c3ccc(Cl)c(Cl)c3)CC2)cc1. The van der Waals surface area contributed by atoms with E-state index in [2.05, 4.69) is 4.90 Å². The van der Waals surface area contributed by atoms with Crippen LogP contribution in [0.1, 0.15) is 0 Å². The lowest BCUT2D eigenvalue weighted by Crippen LogP contribution is -2.48. The van der Waals surface area contributed by atoms with E-state index in [1.165, 1.54) is 4.31 Å². The molecule has 3 rings (SSSR count). The lowest BCUT2D eigenvalue weighted by molar-refractivity contribution is 0.384. The van der Waals surface area contributed by atoms with Crippen LogP contribution in [0.2, 0.25) is 10.0 Å². The number of nitrogens with zero attached hydrogens (tertiary/aromatic N) is 2. The third kappa shape index (κ3) is 3.87. The third-order valence-corrected chi connectivity index (χ3v) is 6.86. The highest BCUT2D eigenvalue weighted by atomic mass is 35.5. The maximum atomic E-state index is 12.8. The van der Waals surface area contributed by atoms with E-state index < -0.39 is 10.0 Å². The van der Waals surface area contributed by atoms with Crippen LogP contribution in [0, 0.1) is 0 Å². The predicted molar refractivity (Wildman–Crippen MR) is 100 cm³/mol. The number of sulfonamides is 1. The molecule has 1 aliphatic rings. The van der Waals surface area contributed by atoms with E-state index in [0.29, 0.717) is 42.0 Å². The van der Waals surface area contributed by atoms with Gasteiger partial charge in [0.05, 0.1) is 22.1 Å². The number of benzene rings is 2. The molecule has 0 aromatic heterocycles. The van der Waals surface area contributed by atoms with Crippen molar-refractivity contribution in [1.82, 2.24) is 4.31 Å². The molecule has 2 aromatic carbocycles. The van der Waals surface area contributed by atoms with Crippen LogP contribution in [0.25, 0.3) is 0 Å². The minimum absolute atomic E-state index is 0.274. The number of rotatable bonds is 4. The van der Waals surface area contributed by atoms with Gasteiger partial charge in [-0.1, -0.05) is 23.2 Å². The van der Waals surface area contributed by atoms with Gasteiger partial charge in [0.15, 0.2) is 0 Å². The summed E-state index contributed by atoms with van der Waals surface area (Å²) in [5, 5.41) is 0.999. The smallest absolute Gasteiger partial charge is 0.243 e. The van der Waals surface area contributed by atoms with Gasteiger partial charge in [0.25, 0.3) is 0 Å². The molecule has 134 valence electrons. The fraction of sp³-hybridized carbons (Fsp3) is 0.294. The summed E-state index contributed by atoms with van der Waals surface area (Å²) in [6, 6.07) is 11.9. The Morgan fingerprint density at radius 3 is 2.12 bits per heavy atom. The summed E-state index contributed by atoms with van der Waals surface area (Å²) in [5.74, 6) is 0.628. The summed E-state index contributed by atoms with van der Waals surface area (Å²) in [4.78, 5) is 2.37. The Hall–Kier alpha value is -1.47. The van der Waals surface area contributed by atoms with E-state index in [1.807, 2.05) is 6.07 Å². The Kier molecular flexibility index (Phi) is 5.43. The molecule has 0 N–H and O–H groups in total. The molecule has 1 aliphatic heterocycles. The molecule has 0 spiro atoms. The minimum Gasteiger partial charge on any atom is -0.497 e. The van der Waals surface area contributed by atoms with E-state index in [1.54, 1.807) is 43.5 Å². The van der Waals surface area contributed by atoms with Crippen molar-refractivity contribution in [3.8, 4) is 5.75 Å². The van der Waals surface area contributed by atoms with Gasteiger partial charge in [-0.05, 0) is 42.5 Å². The molecule has 0 radical (unpaired) electrons. The summed E-state index contributed by atoms with van der Waals surface area (Å²) in [5.41, 5.74) is 0.941. The van der Waals surface area contributed by atoms with E-state index in [0.717, 1.165) is 5.69 Å². The van der Waals surface area contributed by atoms with Crippen molar-refractivity contribution in [2.45, 2.75) is 4.90 Å². The van der Waals surface area contributed by atoms with E-state index in [9.17, 15) is 8.42 Å². The lowest BCUT2D eigenvalue weighted by Gasteiger charge is -2.35. The van der Waals surface area contributed by atoms with Crippen LogP contribution >= 0.6 is 23.2 Å². The van der Waals surface area contributed by atoms with Crippen LogP contribution in [0.5, 0.6) is 5.75 Å². The summed E-state index contributed by atoms with van der Waals surface area (Å²) in [7, 11) is -1.96. The van der Waals surface area contributed by atoms with Crippen LogP contribution in [-0.2, 0) is 10.0 Å². The fourth-order valence-electron chi connectivity index (χ4n) is 2.77. The molecule has 8 heteroatoms. The highest BCUT2D eigenvalue weighted by Crippen LogP contribution is 2.28. The van der Waals surface area contributed by atoms with Crippen molar-refractivity contribution in [2.75, 3.05) is 38.2 Å². The molecule has 2 aromatic rings. The van der Waals surface area contributed by atoms with Gasteiger partial charge in [-0.25, -0.2) is 8.42 Å². The zero-order valence-corrected chi connectivity index (χ0v) is 16.0. The van der Waals surface area contributed by atoms with Crippen molar-refractivity contribution >= 4 is 38.9 Å². The van der Waals surface area contributed by atoms with Gasteiger partial charge in [-0.2, -0.15) is 4.31 Å². The molecule has 0 bridgehead atoms. The molecule has 0 aliphatic carbocycles. The van der Waals surface area contributed by atoms with Crippen LogP contribution in [-0.4, -0.2) is 46.0 Å². The van der Waals surface area contributed by atoms with Crippen LogP contribution in [0.15, 0.2) is 47.4 Å². The number of hydrogen-bond donors (Lipinski definition) is 0. The maximum absolute atomic E-state index is 12.8. The van der Waals surface area contributed by atoms with Crippen molar-refractivity contribution in [3.63, 3.8) is 0 Å². The maximum Gasteiger partial charge on any atom is 0.243 e. The first kappa shape index (κ1) is 18.3. The Bertz CT molecular complexity index is 849. The second kappa shape index (κ2) is 7.41. The van der Waals surface area contributed by atoms with E-state index >= 15 is 0 Å². The highest BCUT2D eigenvalue weighted by molar-refractivity contribution is 7.89. The van der Waals surface area contributed by atoms with Crippen LogP contribution in [0.3, 0.4) is 0 Å². The monoisotopic (exact) mass is 400 g/mol. The number of piperazine rings is 1. The average molecular weight is 401 g/mol. The zero-order chi connectivity index (χ0) is 18.0. The van der Waals surface area contributed by atoms with Gasteiger partial charge >= 0.3 is 0 Å². The van der Waals surface area contributed by atoms with Gasteiger partial charge in [0.1, 0.15) is 5.75 Å². The highest BCUT2D eigenvalue weighted by Gasteiger charge is 2.28. The number of anilines is 1. The van der Waals surface area contributed by atoms with Crippen molar-refractivity contribution < 1.29 is 13.2 Å². The molecule has 0 atom stereocenters. The number of halogens is 2. The molecule has 0 amide bonds. The number of methoxy groups -OCH3 is 1. The number of ether oxygens (including phenoxy) is 1. The zero-order valence-electron chi connectivity index (χ0n) is 13.7. The summed E-state index contributed by atoms with van der Waals surface area (Å²) in [6.45, 7) is 2.00. The first-order valence-corrected chi connectivity index (χ1v) is 9.95. The Labute approximate surface area is 157 Å². The van der Waals surface area contributed by atoms with Gasteiger partial charge in [-0.15, -0.1) is 0 Å². The molecule has 25 heavy (non-hydrogen) atoms. The summed E-state index contributed by atoms with van der Waals surface area (Å²) >= 11 is 12.0. The first-order valence-electron chi connectivity index (χ1n) is 7.76. The second-order valence-corrected chi connectivity index (χ2v) is 8.42. The molecule has 5 nitrogen and oxygen atoms in total. The van der Waals surface area contributed by atoms with Gasteiger partial charge in [-0.3, -0.25) is 0 Å². The third-order valence-electron chi connectivity index (χ3n) is 4.20. The summed E-state index contributed by atoms with van der Waals surface area (Å²) < 4.78 is 32.1.